The van der Waals surface area contributed by atoms with E-state index >= 15 is 0 Å². The van der Waals surface area contributed by atoms with Gasteiger partial charge in [-0.25, -0.2) is 0 Å². The highest BCUT2D eigenvalue weighted by Crippen LogP contribution is 2.41. The Kier molecular flexibility index (Phi) is 6.73. The number of anilines is 1. The molecule has 1 unspecified atom stereocenters. The van der Waals surface area contributed by atoms with E-state index < -0.39 is 0 Å². The highest BCUT2D eigenvalue weighted by molar-refractivity contribution is 6.32. The minimum atomic E-state index is 0.188. The molecule has 0 saturated carbocycles. The van der Waals surface area contributed by atoms with Gasteiger partial charge in [0.2, 0.25) is 0 Å². The summed E-state index contributed by atoms with van der Waals surface area (Å²) >= 11 is 6.25. The Hall–Kier alpha value is -1.95. The average molecular weight is 471 g/mol. The summed E-state index contributed by atoms with van der Waals surface area (Å²) in [5, 5.41) is 0.663. The number of fused-ring (bicyclic) bond motifs is 1. The van der Waals surface area contributed by atoms with Crippen LogP contribution in [0, 0.1) is 13.8 Å². The van der Waals surface area contributed by atoms with Gasteiger partial charge in [0, 0.05) is 49.9 Å². The zero-order valence-electron chi connectivity index (χ0n) is 20.0. The summed E-state index contributed by atoms with van der Waals surface area (Å²) in [5.74, 6) is 1.76. The Bertz CT molecular complexity index is 992. The van der Waals surface area contributed by atoms with Crippen LogP contribution in [0.3, 0.4) is 0 Å². The molecule has 2 aromatic carbocycles. The second-order valence-electron chi connectivity index (χ2n) is 9.61. The van der Waals surface area contributed by atoms with Crippen LogP contribution < -0.4 is 14.4 Å². The Morgan fingerprint density at radius 3 is 2.67 bits per heavy atom. The van der Waals surface area contributed by atoms with E-state index in [9.17, 15) is 0 Å². The van der Waals surface area contributed by atoms with Crippen LogP contribution in [0.1, 0.15) is 48.4 Å². The van der Waals surface area contributed by atoms with Crippen molar-refractivity contribution in [3.8, 4) is 11.5 Å². The molecule has 6 heteroatoms. The second kappa shape index (κ2) is 9.73. The zero-order chi connectivity index (χ0) is 22.9. The Labute approximate surface area is 202 Å². The number of benzene rings is 2. The van der Waals surface area contributed by atoms with E-state index in [4.69, 9.17) is 25.8 Å². The Balaban J connectivity index is 1.32. The fraction of sp³-hybridized carbons (Fsp3) is 0.556. The van der Waals surface area contributed by atoms with E-state index in [-0.39, 0.29) is 6.10 Å². The fourth-order valence-electron chi connectivity index (χ4n) is 5.75. The van der Waals surface area contributed by atoms with E-state index in [0.717, 1.165) is 44.2 Å². The van der Waals surface area contributed by atoms with Crippen molar-refractivity contribution in [1.29, 1.82) is 0 Å². The third-order valence-electron chi connectivity index (χ3n) is 7.76. The molecule has 0 amide bonds. The summed E-state index contributed by atoms with van der Waals surface area (Å²) in [6.45, 7) is 9.10. The van der Waals surface area contributed by atoms with E-state index in [0.29, 0.717) is 23.7 Å². The smallest absolute Gasteiger partial charge is 0.139 e. The topological polar surface area (TPSA) is 34.2 Å². The van der Waals surface area contributed by atoms with Gasteiger partial charge in [0.15, 0.2) is 0 Å². The quantitative estimate of drug-likeness (QED) is 0.572. The van der Waals surface area contributed by atoms with Gasteiger partial charge in [0.25, 0.3) is 0 Å². The van der Waals surface area contributed by atoms with Gasteiger partial charge in [-0.05, 0) is 68.0 Å². The summed E-state index contributed by atoms with van der Waals surface area (Å²) in [5.41, 5.74) is 5.31. The van der Waals surface area contributed by atoms with E-state index in [1.165, 1.54) is 41.6 Å². The maximum absolute atomic E-state index is 6.26. The molecule has 5 rings (SSSR count). The van der Waals surface area contributed by atoms with Crippen LogP contribution in [0.4, 0.5) is 5.69 Å². The van der Waals surface area contributed by atoms with Gasteiger partial charge in [-0.2, -0.15) is 0 Å². The number of hydrogen-bond acceptors (Lipinski definition) is 5. The summed E-state index contributed by atoms with van der Waals surface area (Å²) in [7, 11) is 1.68. The molecule has 3 aliphatic heterocycles. The lowest BCUT2D eigenvalue weighted by Crippen LogP contribution is -2.56. The maximum Gasteiger partial charge on any atom is 0.139 e. The van der Waals surface area contributed by atoms with Gasteiger partial charge in [-0.3, -0.25) is 4.90 Å². The molecule has 3 saturated heterocycles. The average Bonchev–Trinajstić information content (AvgIpc) is 3.35. The molecule has 33 heavy (non-hydrogen) atoms. The maximum atomic E-state index is 6.26. The summed E-state index contributed by atoms with van der Waals surface area (Å²) in [6.07, 6.45) is 4.90. The molecular formula is C27H35ClN2O3. The molecule has 5 nitrogen and oxygen atoms in total. The Morgan fingerprint density at radius 2 is 1.88 bits per heavy atom. The molecule has 3 fully saturated rings. The minimum absolute atomic E-state index is 0.188. The van der Waals surface area contributed by atoms with Crippen LogP contribution in [0.2, 0.25) is 5.02 Å². The number of nitrogens with zero attached hydrogens (tertiary/aromatic N) is 2. The molecule has 0 bridgehead atoms. The van der Waals surface area contributed by atoms with Gasteiger partial charge in [-0.1, -0.05) is 17.7 Å². The van der Waals surface area contributed by atoms with Crippen LogP contribution in [0.5, 0.6) is 11.5 Å². The molecule has 2 aromatic rings. The van der Waals surface area contributed by atoms with E-state index in [1.54, 1.807) is 7.11 Å². The first-order valence-corrected chi connectivity index (χ1v) is 12.6. The van der Waals surface area contributed by atoms with Crippen molar-refractivity contribution in [2.75, 3.05) is 44.9 Å². The monoisotopic (exact) mass is 470 g/mol. The SMILES string of the molecule is COc1cc(N2CCN3C(CCC[C@@H]3c3ccc(O[C@@H]4CCOC4)c(C)c3C)C2)ccc1Cl. The second-order valence-corrected chi connectivity index (χ2v) is 10.0. The third-order valence-corrected chi connectivity index (χ3v) is 8.08. The van der Waals surface area contributed by atoms with Crippen molar-refractivity contribution in [3.05, 3.63) is 52.0 Å². The minimum Gasteiger partial charge on any atom is -0.495 e. The van der Waals surface area contributed by atoms with Crippen LogP contribution >= 0.6 is 11.6 Å². The van der Waals surface area contributed by atoms with Gasteiger partial charge >= 0.3 is 0 Å². The van der Waals surface area contributed by atoms with E-state index in [2.05, 4.69) is 47.9 Å². The summed E-state index contributed by atoms with van der Waals surface area (Å²) in [4.78, 5) is 5.24. The first-order valence-electron chi connectivity index (χ1n) is 12.2. The number of hydrogen-bond donors (Lipinski definition) is 0. The van der Waals surface area contributed by atoms with Crippen molar-refractivity contribution in [1.82, 2.24) is 4.90 Å². The molecule has 0 aliphatic carbocycles. The number of halogens is 1. The first kappa shape index (κ1) is 22.8. The summed E-state index contributed by atoms with van der Waals surface area (Å²) < 4.78 is 17.2. The standard InChI is InChI=1S/C27H35ClN2O3/c1-18-19(2)26(33-22-11-14-32-17-22)10-8-23(18)25-6-4-5-21-16-29(12-13-30(21)25)20-7-9-24(28)27(15-20)31-3/h7-10,15,21-22,25H,4-6,11-14,16-17H2,1-3H3/t21?,22-,25-/m1/s1. The molecule has 178 valence electrons. The van der Waals surface area contributed by atoms with Gasteiger partial charge in [0.05, 0.1) is 25.3 Å². The van der Waals surface area contributed by atoms with Crippen LogP contribution in [0.15, 0.2) is 30.3 Å². The molecule has 0 spiro atoms. The molecule has 0 N–H and O–H groups in total. The lowest BCUT2D eigenvalue weighted by atomic mass is 9.86. The van der Waals surface area contributed by atoms with Gasteiger partial charge in [0.1, 0.15) is 17.6 Å². The largest absolute Gasteiger partial charge is 0.495 e. The van der Waals surface area contributed by atoms with E-state index in [1.807, 2.05) is 6.07 Å². The van der Waals surface area contributed by atoms with Crippen LogP contribution in [-0.4, -0.2) is 57.0 Å². The van der Waals surface area contributed by atoms with Crippen LogP contribution in [-0.2, 0) is 4.74 Å². The van der Waals surface area contributed by atoms with Crippen molar-refractivity contribution in [2.24, 2.45) is 0 Å². The molecular weight excluding hydrogens is 436 g/mol. The van der Waals surface area contributed by atoms with Gasteiger partial charge < -0.3 is 19.1 Å². The highest BCUT2D eigenvalue weighted by atomic mass is 35.5. The molecule has 3 atom stereocenters. The fourth-order valence-corrected chi connectivity index (χ4v) is 5.95. The number of rotatable bonds is 5. The van der Waals surface area contributed by atoms with Crippen LogP contribution in [0.25, 0.3) is 0 Å². The van der Waals surface area contributed by atoms with Crippen molar-refractivity contribution in [3.63, 3.8) is 0 Å². The zero-order valence-corrected chi connectivity index (χ0v) is 20.7. The van der Waals surface area contributed by atoms with Crippen molar-refractivity contribution >= 4 is 17.3 Å². The van der Waals surface area contributed by atoms with Gasteiger partial charge in [-0.15, -0.1) is 0 Å². The lowest BCUT2D eigenvalue weighted by Gasteiger charge is -2.49. The lowest BCUT2D eigenvalue weighted by molar-refractivity contribution is 0.0712. The van der Waals surface area contributed by atoms with Crippen molar-refractivity contribution in [2.45, 2.75) is 57.7 Å². The third kappa shape index (κ3) is 4.55. The molecule has 3 heterocycles. The summed E-state index contributed by atoms with van der Waals surface area (Å²) in [6, 6.07) is 11.7. The number of methoxy groups -OCH3 is 1. The predicted molar refractivity (Wildman–Crippen MR) is 133 cm³/mol. The normalized spacial score (nSPS) is 25.7. The predicted octanol–water partition coefficient (Wildman–Crippen LogP) is 5.55. The van der Waals surface area contributed by atoms with Crippen molar-refractivity contribution < 1.29 is 14.2 Å². The molecule has 0 radical (unpaired) electrons. The number of ether oxygens (including phenoxy) is 3. The molecule has 3 aliphatic rings. The Morgan fingerprint density at radius 1 is 1.00 bits per heavy atom. The highest BCUT2D eigenvalue weighted by Gasteiger charge is 2.36. The first-order chi connectivity index (χ1) is 16.0. The number of piperidine rings is 1. The number of piperazine rings is 1. The molecule has 0 aromatic heterocycles.